The fourth-order valence-corrected chi connectivity index (χ4v) is 6.75. The maximum Gasteiger partial charge on any atom is 0.227 e. The molecule has 2 aliphatic rings. The second-order valence-corrected chi connectivity index (χ2v) is 12.0. The summed E-state index contributed by atoms with van der Waals surface area (Å²) in [6.07, 6.45) is 11.8. The molecule has 0 spiro atoms. The van der Waals surface area contributed by atoms with E-state index < -0.39 is 15.6 Å². The SMILES string of the molecule is N#CCC1(n2cc(-c3ccnc(Nc4ccc(-n5cccn5)cc4)n3)cn2)CCN(S(=O)(=O)C2CC2)CC1. The van der Waals surface area contributed by atoms with E-state index in [0.29, 0.717) is 37.6 Å². The Balaban J connectivity index is 1.18. The third kappa shape index (κ3) is 4.66. The van der Waals surface area contributed by atoms with Gasteiger partial charge >= 0.3 is 0 Å². The van der Waals surface area contributed by atoms with Crippen LogP contribution < -0.4 is 5.32 Å². The zero-order valence-corrected chi connectivity index (χ0v) is 21.5. The van der Waals surface area contributed by atoms with Gasteiger partial charge in [-0.25, -0.2) is 27.4 Å². The van der Waals surface area contributed by atoms with E-state index in [1.165, 1.54) is 0 Å². The lowest BCUT2D eigenvalue weighted by molar-refractivity contribution is 0.148. The Morgan fingerprint density at radius 3 is 2.55 bits per heavy atom. The van der Waals surface area contributed by atoms with E-state index in [2.05, 4.69) is 31.6 Å². The summed E-state index contributed by atoms with van der Waals surface area (Å²) in [5, 5.41) is 21.4. The summed E-state index contributed by atoms with van der Waals surface area (Å²) in [5.74, 6) is 0.451. The van der Waals surface area contributed by atoms with Crippen LogP contribution in [0.25, 0.3) is 16.9 Å². The van der Waals surface area contributed by atoms with E-state index in [4.69, 9.17) is 0 Å². The summed E-state index contributed by atoms with van der Waals surface area (Å²) in [5.41, 5.74) is 2.74. The van der Waals surface area contributed by atoms with Crippen molar-refractivity contribution in [1.82, 2.24) is 33.8 Å². The van der Waals surface area contributed by atoms with Crippen LogP contribution in [0.2, 0.25) is 0 Å². The molecule has 1 N–H and O–H groups in total. The molecule has 0 unspecified atom stereocenters. The van der Waals surface area contributed by atoms with Crippen molar-refractivity contribution in [3.8, 4) is 23.0 Å². The number of piperidine rings is 1. The number of benzene rings is 1. The molecule has 1 aliphatic carbocycles. The summed E-state index contributed by atoms with van der Waals surface area (Å²) >= 11 is 0. The predicted octanol–water partition coefficient (Wildman–Crippen LogP) is 3.47. The Labute approximate surface area is 220 Å². The standard InChI is InChI=1S/C26H27N9O2S/c27-12-9-26(10-16-33(17-11-26)38(36,37)23-6-7-23)35-19-20(18-30-35)24-8-14-28-25(32-24)31-21-2-4-22(5-3-21)34-15-1-13-29-34/h1-5,8,13-15,18-19,23H,6-7,9-11,16-17H2,(H,28,31,32). The van der Waals surface area contributed by atoms with Gasteiger partial charge in [-0.05, 0) is 62.1 Å². The zero-order chi connectivity index (χ0) is 26.2. The van der Waals surface area contributed by atoms with E-state index in [1.807, 2.05) is 53.5 Å². The second-order valence-electron chi connectivity index (χ2n) is 9.76. The maximum atomic E-state index is 12.7. The van der Waals surface area contributed by atoms with Crippen LogP contribution in [0.4, 0.5) is 11.6 Å². The lowest BCUT2D eigenvalue weighted by Crippen LogP contribution is -2.48. The molecular weight excluding hydrogens is 502 g/mol. The fourth-order valence-electron chi connectivity index (χ4n) is 4.91. The molecule has 3 aromatic heterocycles. The highest BCUT2D eigenvalue weighted by molar-refractivity contribution is 7.90. The Bertz CT molecular complexity index is 1560. The van der Waals surface area contributed by atoms with Gasteiger partial charge in [-0.2, -0.15) is 15.5 Å². The van der Waals surface area contributed by atoms with Crippen LogP contribution in [-0.2, 0) is 15.6 Å². The molecule has 1 aliphatic heterocycles. The summed E-state index contributed by atoms with van der Waals surface area (Å²) in [6, 6.07) is 13.8. The second kappa shape index (κ2) is 9.66. The molecule has 38 heavy (non-hydrogen) atoms. The highest BCUT2D eigenvalue weighted by Crippen LogP contribution is 2.38. The number of hydrogen-bond donors (Lipinski definition) is 1. The van der Waals surface area contributed by atoms with Crippen molar-refractivity contribution in [2.45, 2.75) is 42.9 Å². The summed E-state index contributed by atoms with van der Waals surface area (Å²) < 4.78 is 30.6. The number of anilines is 2. The average molecular weight is 530 g/mol. The minimum Gasteiger partial charge on any atom is -0.324 e. The van der Waals surface area contributed by atoms with Gasteiger partial charge < -0.3 is 5.32 Å². The number of aromatic nitrogens is 6. The number of rotatable bonds is 8. The lowest BCUT2D eigenvalue weighted by atomic mass is 9.85. The van der Waals surface area contributed by atoms with Crippen LogP contribution in [0.3, 0.4) is 0 Å². The summed E-state index contributed by atoms with van der Waals surface area (Å²) in [4.78, 5) is 9.01. The highest BCUT2D eigenvalue weighted by Gasteiger charge is 2.45. The fraction of sp³-hybridized carbons (Fsp3) is 0.346. The van der Waals surface area contributed by atoms with Gasteiger partial charge in [-0.15, -0.1) is 0 Å². The number of nitrogens with zero attached hydrogens (tertiary/aromatic N) is 8. The summed E-state index contributed by atoms with van der Waals surface area (Å²) in [6.45, 7) is 0.799. The van der Waals surface area contributed by atoms with E-state index in [9.17, 15) is 13.7 Å². The van der Waals surface area contributed by atoms with Crippen molar-refractivity contribution in [1.29, 1.82) is 5.26 Å². The zero-order valence-electron chi connectivity index (χ0n) is 20.7. The van der Waals surface area contributed by atoms with Crippen LogP contribution in [0.15, 0.2) is 67.4 Å². The number of sulfonamides is 1. The van der Waals surface area contributed by atoms with Gasteiger partial charge in [0.05, 0.1) is 40.9 Å². The molecule has 12 heteroatoms. The molecule has 6 rings (SSSR count). The molecular formula is C26H27N9O2S. The average Bonchev–Trinajstić information content (AvgIpc) is 3.44. The molecule has 11 nitrogen and oxygen atoms in total. The van der Waals surface area contributed by atoms with Crippen molar-refractivity contribution in [2.75, 3.05) is 18.4 Å². The van der Waals surface area contributed by atoms with Crippen molar-refractivity contribution < 1.29 is 8.42 Å². The Morgan fingerprint density at radius 2 is 1.87 bits per heavy atom. The van der Waals surface area contributed by atoms with E-state index in [-0.39, 0.29) is 11.7 Å². The molecule has 1 aromatic carbocycles. The van der Waals surface area contributed by atoms with E-state index in [1.54, 1.807) is 27.6 Å². The molecule has 194 valence electrons. The van der Waals surface area contributed by atoms with Crippen molar-refractivity contribution in [3.63, 3.8) is 0 Å². The monoisotopic (exact) mass is 529 g/mol. The number of nitriles is 1. The smallest absolute Gasteiger partial charge is 0.227 e. The molecule has 1 saturated heterocycles. The molecule has 0 atom stereocenters. The van der Waals surface area contributed by atoms with Gasteiger partial charge in [0.25, 0.3) is 0 Å². The predicted molar refractivity (Wildman–Crippen MR) is 141 cm³/mol. The lowest BCUT2D eigenvalue weighted by Gasteiger charge is -2.40. The van der Waals surface area contributed by atoms with Gasteiger partial charge in [0.1, 0.15) is 0 Å². The number of nitrogens with one attached hydrogen (secondary N) is 1. The topological polar surface area (TPSA) is 135 Å². The van der Waals surface area contributed by atoms with Crippen LogP contribution in [0.5, 0.6) is 0 Å². The van der Waals surface area contributed by atoms with E-state index in [0.717, 1.165) is 29.8 Å². The van der Waals surface area contributed by atoms with Crippen molar-refractivity contribution in [2.24, 2.45) is 0 Å². The third-order valence-corrected chi connectivity index (χ3v) is 9.68. The molecule has 4 aromatic rings. The van der Waals surface area contributed by atoms with Crippen molar-refractivity contribution in [3.05, 3.63) is 67.4 Å². The van der Waals surface area contributed by atoms with Crippen LogP contribution in [0.1, 0.15) is 32.1 Å². The molecule has 0 amide bonds. The maximum absolute atomic E-state index is 12.7. The largest absolute Gasteiger partial charge is 0.324 e. The Kier molecular flexibility index (Phi) is 6.17. The van der Waals surface area contributed by atoms with Crippen LogP contribution in [0, 0.1) is 11.3 Å². The molecule has 0 radical (unpaired) electrons. The van der Waals surface area contributed by atoms with Gasteiger partial charge in [-0.3, -0.25) is 4.68 Å². The first-order valence-electron chi connectivity index (χ1n) is 12.6. The van der Waals surface area contributed by atoms with E-state index >= 15 is 0 Å². The minimum atomic E-state index is -3.23. The van der Waals surface area contributed by atoms with Gasteiger partial charge in [-0.1, -0.05) is 0 Å². The Hall–Kier alpha value is -4.08. The first-order chi connectivity index (χ1) is 18.5. The van der Waals surface area contributed by atoms with Gasteiger partial charge in [0.15, 0.2) is 0 Å². The third-order valence-electron chi connectivity index (χ3n) is 7.28. The molecule has 4 heterocycles. The molecule has 1 saturated carbocycles. The van der Waals surface area contributed by atoms with Crippen molar-refractivity contribution >= 4 is 21.7 Å². The normalized spacial score (nSPS) is 17.7. The number of hydrogen-bond acceptors (Lipinski definition) is 8. The van der Waals surface area contributed by atoms with Crippen LogP contribution >= 0.6 is 0 Å². The molecule has 2 fully saturated rings. The van der Waals surface area contributed by atoms with Gasteiger partial charge in [0.2, 0.25) is 16.0 Å². The first-order valence-corrected chi connectivity index (χ1v) is 14.1. The van der Waals surface area contributed by atoms with Crippen LogP contribution in [-0.4, -0.2) is 60.6 Å². The first kappa shape index (κ1) is 24.3. The minimum absolute atomic E-state index is 0.225. The van der Waals surface area contributed by atoms with Gasteiger partial charge in [0, 0.05) is 49.1 Å². The molecule has 0 bridgehead atoms. The summed E-state index contributed by atoms with van der Waals surface area (Å²) in [7, 11) is -3.23. The quantitative estimate of drug-likeness (QED) is 0.367. The highest BCUT2D eigenvalue weighted by atomic mass is 32.2. The Morgan fingerprint density at radius 1 is 1.08 bits per heavy atom.